The van der Waals surface area contributed by atoms with Crippen molar-refractivity contribution < 1.29 is 14.3 Å². The highest BCUT2D eigenvalue weighted by molar-refractivity contribution is 8.00. The lowest BCUT2D eigenvalue weighted by Crippen LogP contribution is -2.38. The van der Waals surface area contributed by atoms with Crippen molar-refractivity contribution in [3.63, 3.8) is 0 Å². The SMILES string of the molecule is Cc1cc(N2CC[SH2]CC2=O)ccc1NC(=O)Cc1ccc(C)c(Oc2cc(Cl)cc(C#N)c2)c1. The first-order valence-corrected chi connectivity index (χ1v) is 13.0. The summed E-state index contributed by atoms with van der Waals surface area (Å²) in [7, 11) is 0. The van der Waals surface area contributed by atoms with Crippen molar-refractivity contribution in [1.82, 2.24) is 0 Å². The minimum atomic E-state index is -0.152. The Morgan fingerprint density at radius 2 is 1.97 bits per heavy atom. The standard InChI is InChI=1S/C27H26ClN3O3S/c1-17-3-4-19(12-25(17)34-23-11-20(15-29)10-21(28)14-23)13-26(32)30-24-6-5-22(9-18(24)2)31-7-8-35-16-27(31)33/h3-6,9-12,14H,7-8,13,16,35H2,1-2H3,(H,30,32). The minimum absolute atomic E-state index is 0.152. The Bertz CT molecular complexity index is 1340. The molecule has 0 atom stereocenters. The molecule has 0 unspecified atom stereocenters. The predicted octanol–water partition coefficient (Wildman–Crippen LogP) is 5.35. The van der Waals surface area contributed by atoms with E-state index in [4.69, 9.17) is 21.6 Å². The number of carbonyl (C=O) groups is 2. The lowest BCUT2D eigenvalue weighted by atomic mass is 10.1. The van der Waals surface area contributed by atoms with Crippen LogP contribution in [-0.4, -0.2) is 29.9 Å². The zero-order valence-electron chi connectivity index (χ0n) is 19.5. The maximum Gasteiger partial charge on any atom is 0.235 e. The Kier molecular flexibility index (Phi) is 7.64. The maximum absolute atomic E-state index is 12.8. The second-order valence-corrected chi connectivity index (χ2v) is 10.2. The quantitative estimate of drug-likeness (QED) is 0.487. The average Bonchev–Trinajstić information content (AvgIpc) is 2.82. The molecule has 180 valence electrons. The van der Waals surface area contributed by atoms with Crippen molar-refractivity contribution >= 4 is 46.6 Å². The van der Waals surface area contributed by atoms with Gasteiger partial charge in [-0.1, -0.05) is 23.7 Å². The zero-order valence-corrected chi connectivity index (χ0v) is 21.3. The van der Waals surface area contributed by atoms with Gasteiger partial charge in [0.25, 0.3) is 0 Å². The number of anilines is 2. The third-order valence-electron chi connectivity index (χ3n) is 5.73. The third-order valence-corrected chi connectivity index (χ3v) is 7.08. The second kappa shape index (κ2) is 10.9. The Labute approximate surface area is 213 Å². The van der Waals surface area contributed by atoms with Gasteiger partial charge in [0.1, 0.15) is 11.5 Å². The normalized spacial score (nSPS) is 14.5. The lowest BCUT2D eigenvalue weighted by Gasteiger charge is -2.28. The van der Waals surface area contributed by atoms with E-state index in [-0.39, 0.29) is 18.2 Å². The van der Waals surface area contributed by atoms with E-state index < -0.39 is 0 Å². The molecule has 1 aliphatic heterocycles. The molecule has 4 rings (SSSR count). The summed E-state index contributed by atoms with van der Waals surface area (Å²) in [5.74, 6) is 2.69. The smallest absolute Gasteiger partial charge is 0.235 e. The molecular formula is C27H26ClN3O3S. The number of nitriles is 1. The molecule has 0 aromatic heterocycles. The van der Waals surface area contributed by atoms with E-state index in [2.05, 4.69) is 11.4 Å². The van der Waals surface area contributed by atoms with E-state index in [1.807, 2.05) is 55.1 Å². The van der Waals surface area contributed by atoms with E-state index in [9.17, 15) is 9.59 Å². The molecule has 1 N–H and O–H groups in total. The molecule has 6 nitrogen and oxygen atoms in total. The van der Waals surface area contributed by atoms with Gasteiger partial charge in [0.05, 0.1) is 23.8 Å². The molecule has 1 aliphatic rings. The number of benzene rings is 3. The molecule has 0 saturated carbocycles. The van der Waals surface area contributed by atoms with Gasteiger partial charge >= 0.3 is 0 Å². The Morgan fingerprint density at radius 3 is 2.71 bits per heavy atom. The maximum atomic E-state index is 12.8. The van der Waals surface area contributed by atoms with Gasteiger partial charge in [0, 0.05) is 22.9 Å². The highest BCUT2D eigenvalue weighted by Gasteiger charge is 2.19. The molecule has 3 aromatic carbocycles. The summed E-state index contributed by atoms with van der Waals surface area (Å²) in [6.45, 7) is 4.58. The second-order valence-electron chi connectivity index (χ2n) is 8.44. The average molecular weight is 508 g/mol. The fourth-order valence-corrected chi connectivity index (χ4v) is 5.08. The molecule has 3 aromatic rings. The number of aryl methyl sites for hydroxylation is 2. The molecule has 1 fully saturated rings. The topological polar surface area (TPSA) is 82.4 Å². The number of hydrogen-bond acceptors (Lipinski definition) is 4. The fraction of sp³-hybridized carbons (Fsp3) is 0.222. The summed E-state index contributed by atoms with van der Waals surface area (Å²) in [5.41, 5.74) is 4.59. The van der Waals surface area contributed by atoms with Gasteiger partial charge in [-0.05, 0) is 78.8 Å². The molecule has 0 bridgehead atoms. The summed E-state index contributed by atoms with van der Waals surface area (Å²) >= 11 is 6.79. The van der Waals surface area contributed by atoms with Crippen molar-refractivity contribution in [3.05, 3.63) is 81.9 Å². The van der Waals surface area contributed by atoms with Crippen LogP contribution in [0.2, 0.25) is 5.02 Å². The van der Waals surface area contributed by atoms with Crippen LogP contribution in [0.5, 0.6) is 11.5 Å². The van der Waals surface area contributed by atoms with Crippen LogP contribution < -0.4 is 15.0 Å². The highest BCUT2D eigenvalue weighted by atomic mass is 35.5. The van der Waals surface area contributed by atoms with Crippen LogP contribution in [0.25, 0.3) is 0 Å². The van der Waals surface area contributed by atoms with Crippen LogP contribution in [0.3, 0.4) is 0 Å². The zero-order chi connectivity index (χ0) is 24.9. The lowest BCUT2D eigenvalue weighted by molar-refractivity contribution is -0.116. The van der Waals surface area contributed by atoms with E-state index in [0.29, 0.717) is 39.6 Å². The number of amides is 2. The summed E-state index contributed by atoms with van der Waals surface area (Å²) in [4.78, 5) is 26.8. The summed E-state index contributed by atoms with van der Waals surface area (Å²) in [6.07, 6.45) is 0.169. The number of halogens is 1. The molecule has 1 heterocycles. The van der Waals surface area contributed by atoms with Crippen LogP contribution in [0.4, 0.5) is 11.4 Å². The summed E-state index contributed by atoms with van der Waals surface area (Å²) < 4.78 is 5.97. The van der Waals surface area contributed by atoms with Crippen molar-refractivity contribution in [2.75, 3.05) is 28.3 Å². The first-order chi connectivity index (χ1) is 16.8. The van der Waals surface area contributed by atoms with E-state index >= 15 is 0 Å². The number of ether oxygens (including phenoxy) is 1. The number of carbonyl (C=O) groups excluding carboxylic acids is 2. The van der Waals surface area contributed by atoms with Crippen LogP contribution in [0.1, 0.15) is 22.3 Å². The molecule has 35 heavy (non-hydrogen) atoms. The molecule has 2 amide bonds. The van der Waals surface area contributed by atoms with Crippen molar-refractivity contribution in [2.45, 2.75) is 20.3 Å². The van der Waals surface area contributed by atoms with Gasteiger partial charge in [-0.2, -0.15) is 5.26 Å². The first kappa shape index (κ1) is 24.6. The Hall–Kier alpha value is -3.47. The van der Waals surface area contributed by atoms with Crippen LogP contribution >= 0.6 is 23.4 Å². The van der Waals surface area contributed by atoms with Gasteiger partial charge in [0.2, 0.25) is 11.8 Å². The van der Waals surface area contributed by atoms with Crippen LogP contribution in [-0.2, 0) is 16.0 Å². The Balaban J connectivity index is 1.44. The largest absolute Gasteiger partial charge is 0.457 e. The monoisotopic (exact) mass is 507 g/mol. The molecule has 0 radical (unpaired) electrons. The van der Waals surface area contributed by atoms with Crippen LogP contribution in [0, 0.1) is 25.2 Å². The minimum Gasteiger partial charge on any atom is -0.457 e. The first-order valence-electron chi connectivity index (χ1n) is 11.2. The van der Waals surface area contributed by atoms with E-state index in [1.165, 1.54) is 0 Å². The van der Waals surface area contributed by atoms with Crippen molar-refractivity contribution in [1.29, 1.82) is 5.26 Å². The van der Waals surface area contributed by atoms with Crippen LogP contribution in [0.15, 0.2) is 54.6 Å². The van der Waals surface area contributed by atoms with E-state index in [1.54, 1.807) is 18.2 Å². The molecule has 0 aliphatic carbocycles. The molecule has 1 saturated heterocycles. The van der Waals surface area contributed by atoms with Gasteiger partial charge < -0.3 is 15.0 Å². The molecule has 0 spiro atoms. The third kappa shape index (κ3) is 6.16. The number of hydrogen-bond donors (Lipinski definition) is 1. The van der Waals surface area contributed by atoms with Crippen molar-refractivity contribution in [3.8, 4) is 17.6 Å². The molecular weight excluding hydrogens is 482 g/mol. The van der Waals surface area contributed by atoms with E-state index in [0.717, 1.165) is 40.4 Å². The fourth-order valence-electron chi connectivity index (χ4n) is 3.89. The van der Waals surface area contributed by atoms with Gasteiger partial charge in [-0.15, -0.1) is 0 Å². The van der Waals surface area contributed by atoms with Crippen molar-refractivity contribution in [2.24, 2.45) is 0 Å². The highest BCUT2D eigenvalue weighted by Crippen LogP contribution is 2.30. The number of rotatable bonds is 6. The number of nitrogens with one attached hydrogen (secondary N) is 1. The molecule has 8 heteroatoms. The summed E-state index contributed by atoms with van der Waals surface area (Å²) in [5, 5.41) is 12.5. The number of nitrogens with zero attached hydrogens (tertiary/aromatic N) is 2. The Morgan fingerprint density at radius 1 is 1.14 bits per heavy atom. The predicted molar refractivity (Wildman–Crippen MR) is 143 cm³/mol. The summed E-state index contributed by atoms with van der Waals surface area (Å²) in [6, 6.07) is 18.2. The van der Waals surface area contributed by atoms with Gasteiger partial charge in [-0.25, -0.2) is 0 Å². The van der Waals surface area contributed by atoms with Gasteiger partial charge in [0.15, 0.2) is 0 Å². The van der Waals surface area contributed by atoms with Gasteiger partial charge in [-0.3, -0.25) is 21.4 Å².